The molecule has 1 unspecified atom stereocenters. The molecule has 2 aromatic heterocycles. The van der Waals surface area contributed by atoms with E-state index in [1.165, 1.54) is 28.2 Å². The Kier molecular flexibility index (Phi) is 3.96. The topological polar surface area (TPSA) is 42.4 Å². The van der Waals surface area contributed by atoms with Gasteiger partial charge in [-0.2, -0.15) is 0 Å². The lowest BCUT2D eigenvalue weighted by molar-refractivity contribution is 0.168. The van der Waals surface area contributed by atoms with E-state index in [9.17, 15) is 0 Å². The first-order valence-corrected chi connectivity index (χ1v) is 8.06. The predicted molar refractivity (Wildman–Crippen MR) is 82.9 cm³/mol. The lowest BCUT2D eigenvalue weighted by Gasteiger charge is -2.30. The summed E-state index contributed by atoms with van der Waals surface area (Å²) in [5.41, 5.74) is 7.51. The fraction of sp³-hybridized carbons (Fsp3) is 0.500. The van der Waals surface area contributed by atoms with E-state index >= 15 is 0 Å². The predicted octanol–water partition coefficient (Wildman–Crippen LogP) is 3.62. The van der Waals surface area contributed by atoms with Gasteiger partial charge in [0.05, 0.1) is 12.8 Å². The number of nitrogens with zero attached hydrogens (tertiary/aromatic N) is 1. The lowest BCUT2D eigenvalue weighted by atomic mass is 10.1. The van der Waals surface area contributed by atoms with Gasteiger partial charge in [-0.25, -0.2) is 0 Å². The van der Waals surface area contributed by atoms with Gasteiger partial charge in [0.1, 0.15) is 5.76 Å². The van der Waals surface area contributed by atoms with E-state index in [4.69, 9.17) is 10.2 Å². The van der Waals surface area contributed by atoms with Crippen molar-refractivity contribution in [2.45, 2.75) is 45.3 Å². The van der Waals surface area contributed by atoms with E-state index < -0.39 is 0 Å². The van der Waals surface area contributed by atoms with Gasteiger partial charge >= 0.3 is 0 Å². The van der Waals surface area contributed by atoms with Gasteiger partial charge < -0.3 is 10.2 Å². The Morgan fingerprint density at radius 2 is 2.25 bits per heavy atom. The molecule has 1 atom stereocenters. The van der Waals surface area contributed by atoms with E-state index in [0.717, 1.165) is 12.3 Å². The quantitative estimate of drug-likeness (QED) is 0.883. The van der Waals surface area contributed by atoms with Gasteiger partial charge in [0.2, 0.25) is 0 Å². The summed E-state index contributed by atoms with van der Waals surface area (Å²) in [5, 5.41) is 0. The minimum atomic E-state index is 0.303. The maximum atomic E-state index is 6.11. The monoisotopic (exact) mass is 290 g/mol. The fourth-order valence-electron chi connectivity index (χ4n) is 2.90. The Morgan fingerprint density at radius 3 is 2.75 bits per heavy atom. The first-order valence-electron chi connectivity index (χ1n) is 7.24. The Balaban J connectivity index is 1.86. The molecule has 3 rings (SSSR count). The molecule has 2 aromatic rings. The third kappa shape index (κ3) is 2.82. The first-order chi connectivity index (χ1) is 9.69. The van der Waals surface area contributed by atoms with Gasteiger partial charge in [-0.1, -0.05) is 0 Å². The second-order valence-electron chi connectivity index (χ2n) is 5.60. The second-order valence-corrected chi connectivity index (χ2v) is 7.06. The average molecular weight is 290 g/mol. The molecule has 1 aliphatic rings. The van der Waals surface area contributed by atoms with Crippen LogP contribution in [0.5, 0.6) is 0 Å². The van der Waals surface area contributed by atoms with Gasteiger partial charge in [0.25, 0.3) is 0 Å². The molecule has 0 aromatic carbocycles. The van der Waals surface area contributed by atoms with Gasteiger partial charge in [-0.15, -0.1) is 11.3 Å². The molecule has 0 spiro atoms. The summed E-state index contributed by atoms with van der Waals surface area (Å²) in [6, 6.07) is 7.27. The van der Waals surface area contributed by atoms with Crippen LogP contribution in [0.4, 0.5) is 0 Å². The Bertz CT molecular complexity index is 557. The average Bonchev–Trinajstić information content (AvgIpc) is 3.04. The molecular weight excluding hydrogens is 268 g/mol. The zero-order valence-electron chi connectivity index (χ0n) is 12.1. The highest BCUT2D eigenvalue weighted by Crippen LogP contribution is 2.38. The van der Waals surface area contributed by atoms with Gasteiger partial charge in [0, 0.05) is 28.4 Å². The SMILES string of the molecule is Cc1cc(C(CN)N(Cc2ccco2)C2CC2)c(C)s1. The van der Waals surface area contributed by atoms with E-state index in [-0.39, 0.29) is 0 Å². The highest BCUT2D eigenvalue weighted by molar-refractivity contribution is 7.12. The van der Waals surface area contributed by atoms with Crippen molar-refractivity contribution in [2.24, 2.45) is 5.73 Å². The van der Waals surface area contributed by atoms with E-state index in [1.54, 1.807) is 6.26 Å². The van der Waals surface area contributed by atoms with Crippen LogP contribution in [0, 0.1) is 13.8 Å². The summed E-state index contributed by atoms with van der Waals surface area (Å²) in [5.74, 6) is 1.03. The third-order valence-electron chi connectivity index (χ3n) is 4.00. The van der Waals surface area contributed by atoms with Crippen LogP contribution in [0.25, 0.3) is 0 Å². The zero-order valence-corrected chi connectivity index (χ0v) is 13.0. The molecule has 0 amide bonds. The van der Waals surface area contributed by atoms with Crippen LogP contribution in [0.3, 0.4) is 0 Å². The molecular formula is C16H22N2OS. The van der Waals surface area contributed by atoms with E-state index in [0.29, 0.717) is 18.6 Å². The van der Waals surface area contributed by atoms with Crippen molar-refractivity contribution in [1.82, 2.24) is 4.90 Å². The normalized spacial score (nSPS) is 16.8. The van der Waals surface area contributed by atoms with Crippen molar-refractivity contribution < 1.29 is 4.42 Å². The smallest absolute Gasteiger partial charge is 0.117 e. The summed E-state index contributed by atoms with van der Waals surface area (Å²) in [4.78, 5) is 5.28. The van der Waals surface area contributed by atoms with Crippen LogP contribution in [0.15, 0.2) is 28.9 Å². The number of aryl methyl sites for hydroxylation is 2. The number of furan rings is 1. The molecule has 4 heteroatoms. The number of hydrogen-bond acceptors (Lipinski definition) is 4. The molecule has 0 bridgehead atoms. The van der Waals surface area contributed by atoms with Crippen LogP contribution in [-0.4, -0.2) is 17.5 Å². The first kappa shape index (κ1) is 13.9. The Hall–Kier alpha value is -1.10. The van der Waals surface area contributed by atoms with Crippen LogP contribution in [0.1, 0.15) is 40.0 Å². The Morgan fingerprint density at radius 1 is 1.45 bits per heavy atom. The summed E-state index contributed by atoms with van der Waals surface area (Å²) >= 11 is 1.86. The van der Waals surface area contributed by atoms with Crippen molar-refractivity contribution in [3.05, 3.63) is 45.5 Å². The fourth-order valence-corrected chi connectivity index (χ4v) is 3.89. The van der Waals surface area contributed by atoms with Crippen molar-refractivity contribution in [3.8, 4) is 0 Å². The molecule has 108 valence electrons. The number of thiophene rings is 1. The summed E-state index contributed by atoms with van der Waals surface area (Å²) in [6.07, 6.45) is 4.30. The van der Waals surface area contributed by atoms with Crippen molar-refractivity contribution in [2.75, 3.05) is 6.54 Å². The van der Waals surface area contributed by atoms with Crippen LogP contribution in [-0.2, 0) is 6.54 Å². The molecule has 0 radical (unpaired) electrons. The van der Waals surface area contributed by atoms with Crippen LogP contribution < -0.4 is 5.73 Å². The highest BCUT2D eigenvalue weighted by Gasteiger charge is 2.35. The molecule has 1 aliphatic carbocycles. The lowest BCUT2D eigenvalue weighted by Crippen LogP contribution is -2.35. The van der Waals surface area contributed by atoms with Gasteiger partial charge in [0.15, 0.2) is 0 Å². The molecule has 0 aliphatic heterocycles. The summed E-state index contributed by atoms with van der Waals surface area (Å²) in [6.45, 7) is 5.89. The van der Waals surface area contributed by atoms with Crippen molar-refractivity contribution >= 4 is 11.3 Å². The maximum absolute atomic E-state index is 6.11. The van der Waals surface area contributed by atoms with E-state index in [1.807, 2.05) is 17.4 Å². The Labute approximate surface area is 124 Å². The minimum absolute atomic E-state index is 0.303. The van der Waals surface area contributed by atoms with Crippen LogP contribution >= 0.6 is 11.3 Å². The third-order valence-corrected chi connectivity index (χ3v) is 4.98. The largest absolute Gasteiger partial charge is 0.468 e. The molecule has 0 saturated heterocycles. The number of rotatable bonds is 6. The number of nitrogens with two attached hydrogens (primary N) is 1. The zero-order chi connectivity index (χ0) is 14.1. The standard InChI is InChI=1S/C16H22N2OS/c1-11-8-15(12(2)20-11)16(9-17)18(13-5-6-13)10-14-4-3-7-19-14/h3-4,7-8,13,16H,5-6,9-10,17H2,1-2H3. The summed E-state index contributed by atoms with van der Waals surface area (Å²) in [7, 11) is 0. The second kappa shape index (κ2) is 5.72. The van der Waals surface area contributed by atoms with Crippen molar-refractivity contribution in [1.29, 1.82) is 0 Å². The highest BCUT2D eigenvalue weighted by atomic mass is 32.1. The minimum Gasteiger partial charge on any atom is -0.468 e. The molecule has 2 heterocycles. The van der Waals surface area contributed by atoms with Gasteiger partial charge in [-0.3, -0.25) is 4.90 Å². The molecule has 20 heavy (non-hydrogen) atoms. The molecule has 2 N–H and O–H groups in total. The summed E-state index contributed by atoms with van der Waals surface area (Å²) < 4.78 is 5.53. The van der Waals surface area contributed by atoms with Crippen molar-refractivity contribution in [3.63, 3.8) is 0 Å². The van der Waals surface area contributed by atoms with Crippen LogP contribution in [0.2, 0.25) is 0 Å². The molecule has 3 nitrogen and oxygen atoms in total. The van der Waals surface area contributed by atoms with E-state index in [2.05, 4.69) is 30.9 Å². The number of hydrogen-bond donors (Lipinski definition) is 1. The molecule has 1 saturated carbocycles. The van der Waals surface area contributed by atoms with Gasteiger partial charge in [-0.05, 0) is 50.5 Å². The molecule has 1 fully saturated rings. The maximum Gasteiger partial charge on any atom is 0.117 e.